The van der Waals surface area contributed by atoms with E-state index in [1.54, 1.807) is 0 Å². The van der Waals surface area contributed by atoms with Gasteiger partial charge in [0.25, 0.3) is 0 Å². The van der Waals surface area contributed by atoms with Crippen LogP contribution in [-0.4, -0.2) is 36.1 Å². The molecule has 0 aliphatic rings. The van der Waals surface area contributed by atoms with E-state index in [2.05, 4.69) is 9.97 Å². The molecule has 1 heterocycles. The van der Waals surface area contributed by atoms with Crippen LogP contribution >= 0.6 is 11.8 Å². The lowest BCUT2D eigenvalue weighted by Gasteiger charge is -2.05. The Kier molecular flexibility index (Phi) is 4.00. The van der Waals surface area contributed by atoms with Crippen LogP contribution in [0.25, 0.3) is 10.9 Å². The van der Waals surface area contributed by atoms with Crippen LogP contribution < -0.4 is 0 Å². The third-order valence-corrected chi connectivity index (χ3v) is 4.54. The zero-order valence-electron chi connectivity index (χ0n) is 9.93. The summed E-state index contributed by atoms with van der Waals surface area (Å²) in [5.41, 5.74) is 0.288. The minimum Gasteiger partial charge on any atom is -0.236 e. The Morgan fingerprint density at radius 3 is 2.58 bits per heavy atom. The maximum absolute atomic E-state index is 13.2. The standard InChI is InChI=1S/C11H10F2N2O2S2/c1-19(16,17)3-2-18-11-7-4-8(12)9(13)5-10(7)14-6-15-11/h4-6H,2-3H2,1H3. The van der Waals surface area contributed by atoms with Crippen molar-refractivity contribution in [3.8, 4) is 0 Å². The van der Waals surface area contributed by atoms with Crippen LogP contribution in [0.15, 0.2) is 23.5 Å². The fourth-order valence-corrected chi connectivity index (χ4v) is 3.61. The molecule has 8 heteroatoms. The number of rotatable bonds is 4. The maximum Gasteiger partial charge on any atom is 0.161 e. The summed E-state index contributed by atoms with van der Waals surface area (Å²) in [4.78, 5) is 7.82. The number of benzene rings is 1. The molecule has 0 atom stereocenters. The predicted molar refractivity (Wildman–Crippen MR) is 69.9 cm³/mol. The van der Waals surface area contributed by atoms with E-state index < -0.39 is 21.5 Å². The monoisotopic (exact) mass is 304 g/mol. The van der Waals surface area contributed by atoms with Gasteiger partial charge >= 0.3 is 0 Å². The number of hydrogen-bond donors (Lipinski definition) is 0. The summed E-state index contributed by atoms with van der Waals surface area (Å²) in [6.07, 6.45) is 2.38. The Balaban J connectivity index is 2.31. The molecule has 19 heavy (non-hydrogen) atoms. The summed E-state index contributed by atoms with van der Waals surface area (Å²) in [5.74, 6) is -1.66. The van der Waals surface area contributed by atoms with Crippen LogP contribution in [0, 0.1) is 11.6 Å². The highest BCUT2D eigenvalue weighted by atomic mass is 32.2. The van der Waals surface area contributed by atoms with Gasteiger partial charge in [-0.15, -0.1) is 11.8 Å². The summed E-state index contributed by atoms with van der Waals surface area (Å²) in [6.45, 7) is 0. The first-order valence-corrected chi connectivity index (χ1v) is 8.32. The Morgan fingerprint density at radius 1 is 1.21 bits per heavy atom. The van der Waals surface area contributed by atoms with Gasteiger partial charge in [0, 0.05) is 23.5 Å². The molecule has 0 saturated heterocycles. The Bertz CT molecular complexity index is 720. The molecular weight excluding hydrogens is 294 g/mol. The van der Waals surface area contributed by atoms with E-state index in [9.17, 15) is 17.2 Å². The normalized spacial score (nSPS) is 11.9. The second kappa shape index (κ2) is 5.38. The summed E-state index contributed by atoms with van der Waals surface area (Å²) in [6, 6.07) is 2.01. The number of fused-ring (bicyclic) bond motifs is 1. The molecule has 2 rings (SSSR count). The van der Waals surface area contributed by atoms with Crippen LogP contribution in [-0.2, 0) is 9.84 Å². The molecule has 102 valence electrons. The first-order valence-electron chi connectivity index (χ1n) is 5.27. The number of aromatic nitrogens is 2. The van der Waals surface area contributed by atoms with Crippen molar-refractivity contribution in [3.05, 3.63) is 30.1 Å². The van der Waals surface area contributed by atoms with Gasteiger partial charge in [-0.1, -0.05) is 0 Å². The first kappa shape index (κ1) is 14.1. The molecule has 0 aliphatic carbocycles. The van der Waals surface area contributed by atoms with Gasteiger partial charge in [-0.05, 0) is 6.07 Å². The lowest BCUT2D eigenvalue weighted by Crippen LogP contribution is -2.05. The molecule has 0 unspecified atom stereocenters. The second-order valence-corrected chi connectivity index (χ2v) is 7.28. The third-order valence-electron chi connectivity index (χ3n) is 2.33. The SMILES string of the molecule is CS(=O)(=O)CCSc1ncnc2cc(F)c(F)cc12. The molecule has 1 aromatic heterocycles. The van der Waals surface area contributed by atoms with E-state index in [1.807, 2.05) is 0 Å². The van der Waals surface area contributed by atoms with Crippen molar-refractivity contribution in [1.29, 1.82) is 0 Å². The van der Waals surface area contributed by atoms with Crippen molar-refractivity contribution in [1.82, 2.24) is 9.97 Å². The quantitative estimate of drug-likeness (QED) is 0.639. The topological polar surface area (TPSA) is 59.9 Å². The summed E-state index contributed by atoms with van der Waals surface area (Å²) in [5, 5.41) is 0.812. The smallest absolute Gasteiger partial charge is 0.161 e. The van der Waals surface area contributed by atoms with Crippen LogP contribution in [0.4, 0.5) is 8.78 Å². The van der Waals surface area contributed by atoms with Gasteiger partial charge in [0.2, 0.25) is 0 Å². The molecule has 0 saturated carbocycles. The summed E-state index contributed by atoms with van der Waals surface area (Å²) in [7, 11) is -3.06. The van der Waals surface area contributed by atoms with E-state index in [1.165, 1.54) is 18.1 Å². The van der Waals surface area contributed by atoms with Gasteiger partial charge in [0.15, 0.2) is 11.6 Å². The van der Waals surface area contributed by atoms with Crippen LogP contribution in [0.2, 0.25) is 0 Å². The van der Waals surface area contributed by atoms with Crippen molar-refractivity contribution in [2.45, 2.75) is 5.03 Å². The molecule has 4 nitrogen and oxygen atoms in total. The van der Waals surface area contributed by atoms with Gasteiger partial charge in [0.1, 0.15) is 21.2 Å². The number of nitrogens with zero attached hydrogens (tertiary/aromatic N) is 2. The highest BCUT2D eigenvalue weighted by Crippen LogP contribution is 2.26. The molecule has 0 bridgehead atoms. The molecule has 2 aromatic rings. The van der Waals surface area contributed by atoms with Crippen molar-refractivity contribution < 1.29 is 17.2 Å². The molecule has 0 radical (unpaired) electrons. The minimum atomic E-state index is -3.06. The third kappa shape index (κ3) is 3.60. The Morgan fingerprint density at radius 2 is 1.89 bits per heavy atom. The van der Waals surface area contributed by atoms with Gasteiger partial charge in [-0.25, -0.2) is 27.2 Å². The molecule has 0 spiro atoms. The zero-order valence-corrected chi connectivity index (χ0v) is 11.6. The lowest BCUT2D eigenvalue weighted by molar-refractivity contribution is 0.510. The van der Waals surface area contributed by atoms with E-state index >= 15 is 0 Å². The first-order chi connectivity index (χ1) is 8.87. The number of hydrogen-bond acceptors (Lipinski definition) is 5. The van der Waals surface area contributed by atoms with E-state index in [0.717, 1.165) is 18.4 Å². The molecule has 0 aliphatic heterocycles. The van der Waals surface area contributed by atoms with Crippen molar-refractivity contribution in [2.24, 2.45) is 0 Å². The fraction of sp³-hybridized carbons (Fsp3) is 0.273. The van der Waals surface area contributed by atoms with Crippen molar-refractivity contribution in [2.75, 3.05) is 17.8 Å². The lowest BCUT2D eigenvalue weighted by atomic mass is 10.2. The second-order valence-electron chi connectivity index (χ2n) is 3.94. The molecule has 0 N–H and O–H groups in total. The highest BCUT2D eigenvalue weighted by molar-refractivity contribution is 8.00. The Labute approximate surface area is 113 Å². The number of halogens is 2. The highest BCUT2D eigenvalue weighted by Gasteiger charge is 2.11. The van der Waals surface area contributed by atoms with E-state index in [0.29, 0.717) is 16.2 Å². The summed E-state index contributed by atoms with van der Waals surface area (Å²) < 4.78 is 48.3. The van der Waals surface area contributed by atoms with Crippen LogP contribution in [0.1, 0.15) is 0 Å². The van der Waals surface area contributed by atoms with E-state index in [-0.39, 0.29) is 11.3 Å². The number of sulfone groups is 1. The fourth-order valence-electron chi connectivity index (χ4n) is 1.43. The average Bonchev–Trinajstić information content (AvgIpc) is 2.30. The van der Waals surface area contributed by atoms with Gasteiger partial charge in [-0.3, -0.25) is 0 Å². The zero-order chi connectivity index (χ0) is 14.0. The van der Waals surface area contributed by atoms with Crippen LogP contribution in [0.5, 0.6) is 0 Å². The molecule has 0 amide bonds. The average molecular weight is 304 g/mol. The summed E-state index contributed by atoms with van der Waals surface area (Å²) >= 11 is 1.17. The van der Waals surface area contributed by atoms with Crippen molar-refractivity contribution in [3.63, 3.8) is 0 Å². The largest absolute Gasteiger partial charge is 0.236 e. The predicted octanol–water partition coefficient (Wildman–Crippen LogP) is 2.04. The maximum atomic E-state index is 13.2. The van der Waals surface area contributed by atoms with Crippen LogP contribution in [0.3, 0.4) is 0 Å². The van der Waals surface area contributed by atoms with Gasteiger partial charge in [-0.2, -0.15) is 0 Å². The van der Waals surface area contributed by atoms with Gasteiger partial charge in [0.05, 0.1) is 11.3 Å². The van der Waals surface area contributed by atoms with E-state index in [4.69, 9.17) is 0 Å². The molecule has 1 aromatic carbocycles. The van der Waals surface area contributed by atoms with Gasteiger partial charge < -0.3 is 0 Å². The Hall–Kier alpha value is -1.28. The minimum absolute atomic E-state index is 0.00710. The van der Waals surface area contributed by atoms with Crippen molar-refractivity contribution >= 4 is 32.5 Å². The molecule has 0 fully saturated rings. The molecular formula is C11H10F2N2O2S2. The number of thioether (sulfide) groups is 1.